The zero-order valence-corrected chi connectivity index (χ0v) is 14.0. The van der Waals surface area contributed by atoms with Gasteiger partial charge in [0.05, 0.1) is 5.60 Å². The second-order valence-electron chi connectivity index (χ2n) is 7.36. The van der Waals surface area contributed by atoms with Gasteiger partial charge in [0.1, 0.15) is 0 Å². The second kappa shape index (κ2) is 5.01. The molecule has 92 valence electrons. The zero-order chi connectivity index (χ0) is 12.3. The Hall–Kier alpha value is 0.177. The van der Waals surface area contributed by atoms with Crippen LogP contribution >= 0.6 is 0 Å². The quantitative estimate of drug-likeness (QED) is 0.675. The molecular weight excluding hydrogens is 200 g/mol. The van der Waals surface area contributed by atoms with Crippen molar-refractivity contribution in [1.82, 2.24) is 0 Å². The molecule has 0 saturated heterocycles. The summed E-state index contributed by atoms with van der Waals surface area (Å²) < 4.78 is 6.04. The van der Waals surface area contributed by atoms with Crippen LogP contribution in [0.15, 0.2) is 0 Å². The maximum absolute atomic E-state index is 6.04. The number of rotatable bonds is 4. The summed E-state index contributed by atoms with van der Waals surface area (Å²) in [6.45, 7) is 16.1. The van der Waals surface area contributed by atoms with Crippen LogP contribution in [0.3, 0.4) is 0 Å². The van der Waals surface area contributed by atoms with Gasteiger partial charge in [-0.3, -0.25) is 0 Å². The van der Waals surface area contributed by atoms with Gasteiger partial charge >= 0.3 is 0 Å². The topological polar surface area (TPSA) is 9.23 Å². The highest BCUT2D eigenvalue weighted by molar-refractivity contribution is 6.08. The van der Waals surface area contributed by atoms with Crippen LogP contribution in [0, 0.1) is 10.8 Å². The predicted molar refractivity (Wildman–Crippen MR) is 72.4 cm³/mol. The smallest absolute Gasteiger partial charge is 0.0659 e. The van der Waals surface area contributed by atoms with Crippen LogP contribution in [0.25, 0.3) is 0 Å². The fraction of sp³-hybridized carbons (Fsp3) is 1.00. The fourth-order valence-electron chi connectivity index (χ4n) is 2.76. The van der Waals surface area contributed by atoms with Gasteiger partial charge in [-0.1, -0.05) is 41.5 Å². The monoisotopic (exact) mass is 230 g/mol. The first-order chi connectivity index (χ1) is 6.47. The van der Waals surface area contributed by atoms with E-state index in [-0.39, 0.29) is 5.60 Å². The molecule has 0 aliphatic rings. The molecule has 0 aliphatic heterocycles. The van der Waals surface area contributed by atoms with Gasteiger partial charge in [-0.25, -0.2) is 0 Å². The molecule has 0 bridgehead atoms. The molecule has 0 aliphatic carbocycles. The largest absolute Gasteiger partial charge is 0.380 e. The van der Waals surface area contributed by atoms with Gasteiger partial charge in [0, 0.05) is 16.5 Å². The Bertz CT molecular complexity index is 170. The predicted octanol–water partition coefficient (Wildman–Crippen LogP) is 2.96. The molecule has 0 spiro atoms. The summed E-state index contributed by atoms with van der Waals surface area (Å²) >= 11 is 0. The van der Waals surface area contributed by atoms with Crippen molar-refractivity contribution in [2.45, 2.75) is 66.9 Å². The van der Waals surface area contributed by atoms with Crippen LogP contribution in [-0.4, -0.2) is 22.1 Å². The SMILES string of the molecule is CC(C)(C)CC(C)(CC(C)(C)C)OC[SiH3]. The Balaban J connectivity index is 4.59. The lowest BCUT2D eigenvalue weighted by molar-refractivity contribution is -0.0610. The van der Waals surface area contributed by atoms with E-state index in [2.05, 4.69) is 48.5 Å². The highest BCUT2D eigenvalue weighted by Gasteiger charge is 2.34. The van der Waals surface area contributed by atoms with Gasteiger partial charge in [-0.15, -0.1) is 0 Å². The Morgan fingerprint density at radius 2 is 1.13 bits per heavy atom. The van der Waals surface area contributed by atoms with E-state index in [0.29, 0.717) is 10.8 Å². The molecule has 0 heterocycles. The molecule has 0 saturated carbocycles. The first kappa shape index (κ1) is 15.2. The van der Waals surface area contributed by atoms with Gasteiger partial charge in [0.2, 0.25) is 0 Å². The lowest BCUT2D eigenvalue weighted by Crippen LogP contribution is -2.38. The standard InChI is InChI=1S/C13H30OSi/c1-11(2,3)8-13(7,14-10-15)9-12(4,5)6/h8-10H2,1-7,15H3. The summed E-state index contributed by atoms with van der Waals surface area (Å²) in [5.41, 5.74) is 0.742. The first-order valence-electron chi connectivity index (χ1n) is 6.11. The third kappa shape index (κ3) is 8.03. The zero-order valence-electron chi connectivity index (χ0n) is 12.0. The highest BCUT2D eigenvalue weighted by atomic mass is 28.1. The van der Waals surface area contributed by atoms with Gasteiger partial charge in [-0.2, -0.15) is 0 Å². The van der Waals surface area contributed by atoms with Crippen LogP contribution in [0.4, 0.5) is 0 Å². The second-order valence-corrected chi connectivity index (χ2v) is 7.94. The molecular formula is C13H30OSi. The summed E-state index contributed by atoms with van der Waals surface area (Å²) in [5, 5.41) is 0. The molecule has 0 fully saturated rings. The van der Waals surface area contributed by atoms with Crippen LogP contribution in [0.1, 0.15) is 61.3 Å². The molecule has 0 radical (unpaired) electrons. The molecule has 0 rings (SSSR count). The molecule has 2 heteroatoms. The van der Waals surface area contributed by atoms with E-state index in [4.69, 9.17) is 4.74 Å². The number of hydrogen-bond acceptors (Lipinski definition) is 1. The van der Waals surface area contributed by atoms with Crippen LogP contribution in [0.5, 0.6) is 0 Å². The van der Waals surface area contributed by atoms with Crippen molar-refractivity contribution >= 4 is 10.2 Å². The lowest BCUT2D eigenvalue weighted by atomic mass is 9.75. The fourth-order valence-corrected chi connectivity index (χ4v) is 3.45. The Labute approximate surface area is 99.4 Å². The highest BCUT2D eigenvalue weighted by Crippen LogP contribution is 2.37. The van der Waals surface area contributed by atoms with Crippen molar-refractivity contribution in [3.63, 3.8) is 0 Å². The minimum atomic E-state index is 0.0538. The molecule has 0 aromatic carbocycles. The van der Waals surface area contributed by atoms with E-state index in [9.17, 15) is 0 Å². The van der Waals surface area contributed by atoms with E-state index in [1.165, 1.54) is 0 Å². The molecule has 0 N–H and O–H groups in total. The summed E-state index contributed by atoms with van der Waals surface area (Å²) in [5.74, 6) is 0. The van der Waals surface area contributed by atoms with Gasteiger partial charge in [0.25, 0.3) is 0 Å². The molecule has 0 atom stereocenters. The summed E-state index contributed by atoms with van der Waals surface area (Å²) in [6.07, 6.45) is 3.22. The Morgan fingerprint density at radius 3 is 1.33 bits per heavy atom. The van der Waals surface area contributed by atoms with E-state index in [1.54, 1.807) is 0 Å². The number of hydrogen-bond donors (Lipinski definition) is 0. The van der Waals surface area contributed by atoms with Gasteiger partial charge in [-0.05, 0) is 30.6 Å². The van der Waals surface area contributed by atoms with Gasteiger partial charge in [0.15, 0.2) is 0 Å². The van der Waals surface area contributed by atoms with Crippen molar-refractivity contribution in [3.05, 3.63) is 0 Å². The minimum absolute atomic E-state index is 0.0538. The van der Waals surface area contributed by atoms with Crippen molar-refractivity contribution < 1.29 is 4.74 Å². The average molecular weight is 230 g/mol. The molecule has 15 heavy (non-hydrogen) atoms. The lowest BCUT2D eigenvalue weighted by Gasteiger charge is -2.39. The molecule has 0 unspecified atom stereocenters. The summed E-state index contributed by atoms with van der Waals surface area (Å²) in [7, 11) is 1.13. The Morgan fingerprint density at radius 1 is 0.800 bits per heavy atom. The van der Waals surface area contributed by atoms with Crippen LogP contribution in [-0.2, 0) is 4.74 Å². The molecule has 0 aromatic heterocycles. The summed E-state index contributed by atoms with van der Waals surface area (Å²) in [6, 6.07) is 0. The van der Waals surface area contributed by atoms with E-state index >= 15 is 0 Å². The van der Waals surface area contributed by atoms with Crippen LogP contribution in [0.2, 0.25) is 0 Å². The maximum Gasteiger partial charge on any atom is 0.0659 e. The van der Waals surface area contributed by atoms with Crippen molar-refractivity contribution in [2.24, 2.45) is 10.8 Å². The third-order valence-electron chi connectivity index (χ3n) is 2.30. The number of ether oxygens (including phenoxy) is 1. The first-order valence-corrected chi connectivity index (χ1v) is 7.53. The van der Waals surface area contributed by atoms with Gasteiger partial charge < -0.3 is 4.74 Å². The minimum Gasteiger partial charge on any atom is -0.380 e. The van der Waals surface area contributed by atoms with Crippen LogP contribution < -0.4 is 0 Å². The normalized spacial score (nSPS) is 14.6. The molecule has 1 nitrogen and oxygen atoms in total. The maximum atomic E-state index is 6.04. The van der Waals surface area contributed by atoms with E-state index < -0.39 is 0 Å². The van der Waals surface area contributed by atoms with E-state index in [1.807, 2.05) is 0 Å². The van der Waals surface area contributed by atoms with Crippen molar-refractivity contribution in [3.8, 4) is 0 Å². The third-order valence-corrected chi connectivity index (χ3v) is 2.59. The van der Waals surface area contributed by atoms with Crippen molar-refractivity contribution in [1.29, 1.82) is 0 Å². The van der Waals surface area contributed by atoms with Crippen molar-refractivity contribution in [2.75, 3.05) is 6.23 Å². The molecule has 0 aromatic rings. The Kier molecular flexibility index (Phi) is 5.06. The average Bonchev–Trinajstić information content (AvgIpc) is 1.74. The molecule has 0 amide bonds. The van der Waals surface area contributed by atoms with E-state index in [0.717, 1.165) is 29.3 Å². The summed E-state index contributed by atoms with van der Waals surface area (Å²) in [4.78, 5) is 0.